The highest BCUT2D eigenvalue weighted by molar-refractivity contribution is 7.80. The van der Waals surface area contributed by atoms with E-state index in [2.05, 4.69) is 24.5 Å². The molecule has 0 spiro atoms. The van der Waals surface area contributed by atoms with Gasteiger partial charge in [-0.3, -0.25) is 0 Å². The lowest BCUT2D eigenvalue weighted by atomic mass is 10.1. The third kappa shape index (κ3) is 9.69. The fourth-order valence-corrected chi connectivity index (χ4v) is 1.04. The molecule has 0 aromatic heterocycles. The maximum atomic E-state index is 5.25. The van der Waals surface area contributed by atoms with Crippen molar-refractivity contribution in [1.82, 2.24) is 5.32 Å². The zero-order valence-electron chi connectivity index (χ0n) is 7.23. The number of thiocarbonyl (C=S) groups is 1. The Morgan fingerprint density at radius 3 is 2.45 bits per heavy atom. The predicted molar refractivity (Wildman–Crippen MR) is 53.5 cm³/mol. The first kappa shape index (κ1) is 10.7. The zero-order chi connectivity index (χ0) is 8.53. The summed E-state index contributed by atoms with van der Waals surface area (Å²) in [4.78, 5) is 0. The van der Waals surface area contributed by atoms with Gasteiger partial charge in [-0.1, -0.05) is 32.6 Å². The molecule has 0 aliphatic carbocycles. The van der Waals surface area contributed by atoms with Crippen molar-refractivity contribution in [3.05, 3.63) is 0 Å². The van der Waals surface area contributed by atoms with E-state index in [0.717, 1.165) is 6.54 Å². The largest absolute Gasteiger partial charge is 0.376 e. The molecule has 0 aromatic rings. The van der Waals surface area contributed by atoms with Gasteiger partial charge in [-0.2, -0.15) is 0 Å². The van der Waals surface area contributed by atoms with Gasteiger partial charge in [0.05, 0.1) is 0 Å². The number of hydrogen-bond donors (Lipinski definition) is 2. The van der Waals surface area contributed by atoms with Crippen LogP contribution < -0.4 is 11.1 Å². The van der Waals surface area contributed by atoms with E-state index in [-0.39, 0.29) is 0 Å². The van der Waals surface area contributed by atoms with Crippen molar-refractivity contribution in [2.75, 3.05) is 6.54 Å². The van der Waals surface area contributed by atoms with Crippen LogP contribution in [0.2, 0.25) is 0 Å². The standard InChI is InChI=1S/C8H18N2S/c1-2-3-4-5-6-7-10-8(9)11/h2-7H2,1H3,(H3,9,10,11). The van der Waals surface area contributed by atoms with Crippen molar-refractivity contribution in [3.8, 4) is 0 Å². The highest BCUT2D eigenvalue weighted by atomic mass is 32.1. The van der Waals surface area contributed by atoms with Gasteiger partial charge in [0, 0.05) is 6.54 Å². The molecule has 0 amide bonds. The van der Waals surface area contributed by atoms with Crippen LogP contribution in [0.15, 0.2) is 0 Å². The minimum absolute atomic E-state index is 0.417. The van der Waals surface area contributed by atoms with E-state index in [1.807, 2.05) is 0 Å². The van der Waals surface area contributed by atoms with Crippen molar-refractivity contribution in [3.63, 3.8) is 0 Å². The number of unbranched alkanes of at least 4 members (excludes halogenated alkanes) is 4. The topological polar surface area (TPSA) is 38.0 Å². The van der Waals surface area contributed by atoms with Crippen molar-refractivity contribution < 1.29 is 0 Å². The summed E-state index contributed by atoms with van der Waals surface area (Å²) in [5, 5.41) is 3.35. The molecule has 0 rings (SSSR count). The quantitative estimate of drug-likeness (QED) is 0.476. The van der Waals surface area contributed by atoms with Crippen LogP contribution in [-0.2, 0) is 0 Å². The molecule has 0 aliphatic heterocycles. The van der Waals surface area contributed by atoms with Crippen LogP contribution >= 0.6 is 12.2 Å². The molecule has 0 aromatic carbocycles. The normalized spacial score (nSPS) is 9.55. The van der Waals surface area contributed by atoms with Crippen LogP contribution in [0.1, 0.15) is 39.0 Å². The van der Waals surface area contributed by atoms with Gasteiger partial charge >= 0.3 is 0 Å². The monoisotopic (exact) mass is 174 g/mol. The molecule has 0 aliphatic rings. The molecule has 0 radical (unpaired) electrons. The second kappa shape index (κ2) is 7.79. The molecule has 0 saturated carbocycles. The Balaban J connectivity index is 2.85. The van der Waals surface area contributed by atoms with Gasteiger partial charge in [-0.25, -0.2) is 0 Å². The van der Waals surface area contributed by atoms with Gasteiger partial charge < -0.3 is 11.1 Å². The van der Waals surface area contributed by atoms with Crippen LogP contribution in [0, 0.1) is 0 Å². The zero-order valence-corrected chi connectivity index (χ0v) is 8.04. The van der Waals surface area contributed by atoms with Gasteiger partial charge in [-0.05, 0) is 18.6 Å². The molecule has 66 valence electrons. The molecule has 11 heavy (non-hydrogen) atoms. The third-order valence-corrected chi connectivity index (χ3v) is 1.72. The van der Waals surface area contributed by atoms with Crippen molar-refractivity contribution >= 4 is 17.3 Å². The summed E-state index contributed by atoms with van der Waals surface area (Å²) in [6, 6.07) is 0. The molecular formula is C8H18N2S. The van der Waals surface area contributed by atoms with Crippen LogP contribution in [0.5, 0.6) is 0 Å². The summed E-state index contributed by atoms with van der Waals surface area (Å²) in [7, 11) is 0. The van der Waals surface area contributed by atoms with E-state index < -0.39 is 0 Å². The van der Waals surface area contributed by atoms with E-state index in [9.17, 15) is 0 Å². The Labute approximate surface area is 74.5 Å². The van der Waals surface area contributed by atoms with E-state index in [1.54, 1.807) is 0 Å². The molecule has 3 heteroatoms. The number of hydrogen-bond acceptors (Lipinski definition) is 1. The molecule has 0 fully saturated rings. The summed E-state index contributed by atoms with van der Waals surface area (Å²) in [5.74, 6) is 0. The van der Waals surface area contributed by atoms with Crippen LogP contribution in [0.3, 0.4) is 0 Å². The van der Waals surface area contributed by atoms with Crippen LogP contribution in [0.4, 0.5) is 0 Å². The van der Waals surface area contributed by atoms with Crippen LogP contribution in [-0.4, -0.2) is 11.7 Å². The summed E-state index contributed by atoms with van der Waals surface area (Å²) >= 11 is 4.66. The number of rotatable bonds is 6. The molecular weight excluding hydrogens is 156 g/mol. The molecule has 0 bridgehead atoms. The van der Waals surface area contributed by atoms with Gasteiger partial charge in [0.25, 0.3) is 0 Å². The molecule has 0 unspecified atom stereocenters. The Morgan fingerprint density at radius 1 is 1.27 bits per heavy atom. The fourth-order valence-electron chi connectivity index (χ4n) is 0.940. The summed E-state index contributed by atoms with van der Waals surface area (Å²) in [6.45, 7) is 3.15. The maximum Gasteiger partial charge on any atom is 0.163 e. The lowest BCUT2D eigenvalue weighted by Crippen LogP contribution is -2.29. The molecule has 0 heterocycles. The highest BCUT2D eigenvalue weighted by Crippen LogP contribution is 2.00. The van der Waals surface area contributed by atoms with E-state index in [1.165, 1.54) is 32.1 Å². The summed E-state index contributed by atoms with van der Waals surface area (Å²) in [6.07, 6.45) is 6.42. The molecule has 2 nitrogen and oxygen atoms in total. The lowest BCUT2D eigenvalue weighted by Gasteiger charge is -2.02. The van der Waals surface area contributed by atoms with Crippen molar-refractivity contribution in [2.24, 2.45) is 5.73 Å². The fraction of sp³-hybridized carbons (Fsp3) is 0.875. The average molecular weight is 174 g/mol. The Hall–Kier alpha value is -0.310. The molecule has 0 atom stereocenters. The number of nitrogens with two attached hydrogens (primary N) is 1. The first-order valence-corrected chi connectivity index (χ1v) is 4.71. The maximum absolute atomic E-state index is 5.25. The third-order valence-electron chi connectivity index (χ3n) is 1.58. The van der Waals surface area contributed by atoms with E-state index in [0.29, 0.717) is 5.11 Å². The average Bonchev–Trinajstić information content (AvgIpc) is 1.96. The van der Waals surface area contributed by atoms with E-state index in [4.69, 9.17) is 5.73 Å². The smallest absolute Gasteiger partial charge is 0.163 e. The van der Waals surface area contributed by atoms with Gasteiger partial charge in [0.1, 0.15) is 0 Å². The Bertz CT molecular complexity index is 104. The van der Waals surface area contributed by atoms with Gasteiger partial charge in [0.2, 0.25) is 0 Å². The minimum Gasteiger partial charge on any atom is -0.376 e. The summed E-state index contributed by atoms with van der Waals surface area (Å²) < 4.78 is 0. The van der Waals surface area contributed by atoms with Gasteiger partial charge in [0.15, 0.2) is 5.11 Å². The summed E-state index contributed by atoms with van der Waals surface area (Å²) in [5.41, 5.74) is 5.25. The van der Waals surface area contributed by atoms with Crippen molar-refractivity contribution in [1.29, 1.82) is 0 Å². The van der Waals surface area contributed by atoms with Crippen LogP contribution in [0.25, 0.3) is 0 Å². The first-order chi connectivity index (χ1) is 5.27. The minimum atomic E-state index is 0.417. The molecule has 3 N–H and O–H groups in total. The molecule has 0 saturated heterocycles. The first-order valence-electron chi connectivity index (χ1n) is 4.30. The second-order valence-corrected chi connectivity index (χ2v) is 3.15. The lowest BCUT2D eigenvalue weighted by molar-refractivity contribution is 0.625. The second-order valence-electron chi connectivity index (χ2n) is 2.71. The predicted octanol–water partition coefficient (Wildman–Crippen LogP) is 1.79. The SMILES string of the molecule is CCCCCCCNC(N)=S. The Morgan fingerprint density at radius 2 is 1.91 bits per heavy atom. The van der Waals surface area contributed by atoms with Crippen molar-refractivity contribution in [2.45, 2.75) is 39.0 Å². The highest BCUT2D eigenvalue weighted by Gasteiger charge is 1.88. The van der Waals surface area contributed by atoms with E-state index >= 15 is 0 Å². The Kier molecular flexibility index (Phi) is 7.57. The van der Waals surface area contributed by atoms with Gasteiger partial charge in [-0.15, -0.1) is 0 Å². The number of nitrogens with one attached hydrogen (secondary N) is 1.